The molecule has 0 aliphatic carbocycles. The fourth-order valence-electron chi connectivity index (χ4n) is 4.28. The lowest BCUT2D eigenvalue weighted by Crippen LogP contribution is -2.71. The van der Waals surface area contributed by atoms with Crippen molar-refractivity contribution < 1.29 is 13.3 Å². The van der Waals surface area contributed by atoms with Gasteiger partial charge >= 0.3 is 0 Å². The predicted octanol–water partition coefficient (Wildman–Crippen LogP) is 7.70. The van der Waals surface area contributed by atoms with Crippen molar-refractivity contribution in [2.24, 2.45) is 0 Å². The van der Waals surface area contributed by atoms with Crippen molar-refractivity contribution in [2.45, 2.75) is 129 Å². The van der Waals surface area contributed by atoms with E-state index in [9.17, 15) is 0 Å². The highest BCUT2D eigenvalue weighted by Gasteiger charge is 2.59. The average Bonchev–Trinajstić information content (AvgIpc) is 2.58. The molecular weight excluding hydrogens is 473 g/mol. The topological polar surface area (TPSA) is 27.7 Å². The van der Waals surface area contributed by atoms with Gasteiger partial charge in [-0.3, -0.25) is 0 Å². The molecule has 33 heavy (non-hydrogen) atoms. The molecule has 7 heteroatoms. The summed E-state index contributed by atoms with van der Waals surface area (Å²) >= 11 is 0. The Kier molecular flexibility index (Phi) is 9.19. The van der Waals surface area contributed by atoms with Crippen LogP contribution in [0.1, 0.15) is 48.5 Å². The number of hydrogen-bond donors (Lipinski definition) is 0. The monoisotopic (exact) mass is 526 g/mol. The van der Waals surface area contributed by atoms with Crippen LogP contribution in [-0.4, -0.2) is 49.6 Å². The van der Waals surface area contributed by atoms with Crippen LogP contribution in [0, 0.1) is 0 Å². The third-order valence-corrected chi connectivity index (χ3v) is 21.6. The van der Waals surface area contributed by atoms with E-state index in [1.165, 1.54) is 5.19 Å². The van der Waals surface area contributed by atoms with Gasteiger partial charge < -0.3 is 13.3 Å². The first-order valence-electron chi connectivity index (χ1n) is 12.5. The summed E-state index contributed by atoms with van der Waals surface area (Å²) in [6.45, 7) is 37.2. The maximum absolute atomic E-state index is 7.44. The molecule has 0 aromatic heterocycles. The summed E-state index contributed by atoms with van der Waals surface area (Å²) in [6, 6.07) is 10.8. The summed E-state index contributed by atoms with van der Waals surface area (Å²) < 4.78 is 21.3. The predicted molar refractivity (Wildman–Crippen MR) is 157 cm³/mol. The first kappa shape index (κ1) is 31.0. The van der Waals surface area contributed by atoms with Crippen LogP contribution in [0.5, 0.6) is 0 Å². The zero-order valence-corrected chi connectivity index (χ0v) is 28.7. The molecule has 1 aromatic rings. The maximum Gasteiger partial charge on any atom is 0.251 e. The van der Waals surface area contributed by atoms with E-state index in [4.69, 9.17) is 13.3 Å². The van der Waals surface area contributed by atoms with Crippen LogP contribution in [-0.2, 0) is 13.3 Å². The van der Waals surface area contributed by atoms with Crippen LogP contribution >= 0.6 is 0 Å². The molecule has 2 unspecified atom stereocenters. The molecular formula is C26H54O3Si4. The molecule has 2 atom stereocenters. The molecule has 0 amide bonds. The minimum absolute atomic E-state index is 0.119. The lowest BCUT2D eigenvalue weighted by molar-refractivity contribution is 0.0230. The van der Waals surface area contributed by atoms with Crippen LogP contribution in [0.3, 0.4) is 0 Å². The third kappa shape index (κ3) is 7.02. The molecule has 1 aromatic carbocycles. The highest BCUT2D eigenvalue weighted by atomic mass is 28.4. The maximum atomic E-state index is 7.44. The second-order valence-corrected chi connectivity index (χ2v) is 32.5. The van der Waals surface area contributed by atoms with Gasteiger partial charge in [0.15, 0.2) is 16.6 Å². The van der Waals surface area contributed by atoms with E-state index in [2.05, 4.69) is 138 Å². The van der Waals surface area contributed by atoms with E-state index in [-0.39, 0.29) is 10.3 Å². The van der Waals surface area contributed by atoms with Gasteiger partial charge in [0.1, 0.15) is 0 Å². The lowest BCUT2D eigenvalue weighted by atomic mass is 9.94. The van der Waals surface area contributed by atoms with Gasteiger partial charge in [-0.25, -0.2) is 0 Å². The number of hydrogen-bond acceptors (Lipinski definition) is 3. The van der Waals surface area contributed by atoms with Crippen LogP contribution in [0.4, 0.5) is 0 Å². The van der Waals surface area contributed by atoms with Crippen molar-refractivity contribution in [1.82, 2.24) is 0 Å². The van der Waals surface area contributed by atoms with Gasteiger partial charge in [0.25, 0.3) is 8.32 Å². The SMILES string of the molecule is CC(O[Si](C)(C)C(C)(C)C(C)(C)O[Si](C)(c1ccccc1)C(C)(C)O[Si](C)(C)C)[Si](C)(C)C. The smallest absolute Gasteiger partial charge is 0.251 e. The fraction of sp³-hybridized carbons (Fsp3) is 0.769. The van der Waals surface area contributed by atoms with Gasteiger partial charge in [-0.15, -0.1) is 0 Å². The van der Waals surface area contributed by atoms with Crippen molar-refractivity contribution in [2.75, 3.05) is 0 Å². The summed E-state index contributed by atoms with van der Waals surface area (Å²) in [5.41, 5.74) is -0.0719. The molecule has 192 valence electrons. The molecule has 0 bridgehead atoms. The van der Waals surface area contributed by atoms with Gasteiger partial charge in [-0.2, -0.15) is 0 Å². The highest BCUT2D eigenvalue weighted by molar-refractivity contribution is 6.89. The highest BCUT2D eigenvalue weighted by Crippen LogP contribution is 2.51. The Labute approximate surface area is 210 Å². The Morgan fingerprint density at radius 1 is 0.697 bits per heavy atom. The molecule has 0 fully saturated rings. The molecule has 0 saturated carbocycles. The molecule has 0 N–H and O–H groups in total. The second kappa shape index (κ2) is 9.79. The molecule has 0 heterocycles. The van der Waals surface area contributed by atoms with Gasteiger partial charge in [0.2, 0.25) is 0 Å². The first-order chi connectivity index (χ1) is 14.4. The Morgan fingerprint density at radius 2 is 1.15 bits per heavy atom. The van der Waals surface area contributed by atoms with Crippen molar-refractivity contribution in [1.29, 1.82) is 0 Å². The summed E-state index contributed by atoms with van der Waals surface area (Å²) in [6.07, 6.45) is 0. The average molecular weight is 527 g/mol. The van der Waals surface area contributed by atoms with Crippen LogP contribution in [0.15, 0.2) is 30.3 Å². The Balaban J connectivity index is 3.52. The van der Waals surface area contributed by atoms with Gasteiger partial charge in [-0.1, -0.05) is 63.8 Å². The number of rotatable bonds is 11. The number of benzene rings is 1. The van der Waals surface area contributed by atoms with Crippen LogP contribution < -0.4 is 5.19 Å². The third-order valence-electron chi connectivity index (χ3n) is 8.20. The van der Waals surface area contributed by atoms with Gasteiger partial charge in [0, 0.05) is 10.8 Å². The molecule has 0 aliphatic rings. The van der Waals surface area contributed by atoms with E-state index in [1.807, 2.05) is 0 Å². The Morgan fingerprint density at radius 3 is 1.55 bits per heavy atom. The van der Waals surface area contributed by atoms with Gasteiger partial charge in [-0.05, 0) is 79.1 Å². The van der Waals surface area contributed by atoms with Crippen molar-refractivity contribution in [3.63, 3.8) is 0 Å². The van der Waals surface area contributed by atoms with E-state index >= 15 is 0 Å². The van der Waals surface area contributed by atoms with Crippen molar-refractivity contribution >= 4 is 38.2 Å². The first-order valence-corrected chi connectivity index (χ1v) is 24.8. The van der Waals surface area contributed by atoms with Crippen LogP contribution in [0.2, 0.25) is 64.0 Å². The van der Waals surface area contributed by atoms with Crippen molar-refractivity contribution in [3.8, 4) is 0 Å². The summed E-state index contributed by atoms with van der Waals surface area (Å²) in [5, 5.41) is 0.796. The van der Waals surface area contributed by atoms with Crippen LogP contribution in [0.25, 0.3) is 0 Å². The van der Waals surface area contributed by atoms with E-state index in [0.717, 1.165) is 0 Å². The summed E-state index contributed by atoms with van der Waals surface area (Å²) in [5.74, 6) is 0. The summed E-state index contributed by atoms with van der Waals surface area (Å²) in [7, 11) is -7.91. The second-order valence-electron chi connectivity index (χ2n) is 14.0. The van der Waals surface area contributed by atoms with E-state index in [0.29, 0.717) is 5.73 Å². The summed E-state index contributed by atoms with van der Waals surface area (Å²) in [4.78, 5) is 0. The lowest BCUT2D eigenvalue weighted by Gasteiger charge is -2.56. The normalized spacial score (nSPS) is 17.6. The quantitative estimate of drug-likeness (QED) is 0.276. The van der Waals surface area contributed by atoms with Gasteiger partial charge in [0.05, 0.1) is 18.9 Å². The molecule has 3 nitrogen and oxygen atoms in total. The largest absolute Gasteiger partial charge is 0.417 e. The Bertz CT molecular complexity index is 777. The zero-order valence-electron chi connectivity index (χ0n) is 24.7. The molecule has 0 saturated heterocycles. The minimum atomic E-state index is -2.58. The van der Waals surface area contributed by atoms with Crippen molar-refractivity contribution in [3.05, 3.63) is 30.3 Å². The molecule has 0 radical (unpaired) electrons. The standard InChI is InChI=1S/C26H54O3Si4/c1-22(30(8,9)10)27-32(14,15)25(4,5)24(2,3)28-33(16,23-20-18-17-19-21-23)26(6,7)29-31(11,12)13/h17-22H,1-16H3. The van der Waals surface area contributed by atoms with E-state index < -0.39 is 38.6 Å². The molecule has 1 rings (SSSR count). The zero-order chi connectivity index (χ0) is 26.3. The Hall–Kier alpha value is -0.0325. The minimum Gasteiger partial charge on any atom is -0.417 e. The fourth-order valence-corrected chi connectivity index (χ4v) is 15.7. The van der Waals surface area contributed by atoms with E-state index in [1.54, 1.807) is 0 Å². The molecule has 0 aliphatic heterocycles. The molecule has 0 spiro atoms.